The van der Waals surface area contributed by atoms with Gasteiger partial charge in [0, 0.05) is 6.42 Å². The fourth-order valence-corrected chi connectivity index (χ4v) is 4.32. The van der Waals surface area contributed by atoms with Gasteiger partial charge >= 0.3 is 12.1 Å². The number of hydrogen-bond acceptors (Lipinski definition) is 4. The molecule has 0 amide bonds. The number of rotatable bonds is 15. The monoisotopic (exact) mass is 506 g/mol. The van der Waals surface area contributed by atoms with Gasteiger partial charge in [0.05, 0.1) is 13.2 Å². The number of ether oxygens (including phenoxy) is 3. The van der Waals surface area contributed by atoms with Crippen LogP contribution in [0.15, 0.2) is 48.5 Å². The molecule has 1 aliphatic heterocycles. The molecule has 0 spiro atoms. The molecule has 36 heavy (non-hydrogen) atoms. The van der Waals surface area contributed by atoms with Crippen LogP contribution in [0.3, 0.4) is 0 Å². The first-order valence-corrected chi connectivity index (χ1v) is 13.1. The highest BCUT2D eigenvalue weighted by Gasteiger charge is 2.49. The fourth-order valence-electron chi connectivity index (χ4n) is 4.32. The number of carbonyl (C=O) groups is 1. The zero-order valence-corrected chi connectivity index (χ0v) is 21.0. The zero-order valence-electron chi connectivity index (χ0n) is 21.0. The van der Waals surface area contributed by atoms with Crippen LogP contribution in [0.25, 0.3) is 11.1 Å². The van der Waals surface area contributed by atoms with Crippen LogP contribution < -0.4 is 4.74 Å². The molecule has 0 bridgehead atoms. The first kappa shape index (κ1) is 28.0. The van der Waals surface area contributed by atoms with Gasteiger partial charge in [-0.1, -0.05) is 88.3 Å². The van der Waals surface area contributed by atoms with E-state index in [0.717, 1.165) is 23.3 Å². The van der Waals surface area contributed by atoms with Crippen LogP contribution in [-0.4, -0.2) is 31.0 Å². The Morgan fingerprint density at radius 3 is 2.03 bits per heavy atom. The molecular weight excluding hydrogens is 469 g/mol. The summed E-state index contributed by atoms with van der Waals surface area (Å²) in [7, 11) is 0. The highest BCUT2D eigenvalue weighted by Crippen LogP contribution is 2.32. The van der Waals surface area contributed by atoms with Gasteiger partial charge in [-0.15, -0.1) is 0 Å². The van der Waals surface area contributed by atoms with Gasteiger partial charge in [-0.3, -0.25) is 4.79 Å². The van der Waals surface area contributed by atoms with Crippen molar-refractivity contribution in [2.24, 2.45) is 0 Å². The van der Waals surface area contributed by atoms with Crippen molar-refractivity contribution in [1.82, 2.24) is 0 Å². The molecule has 1 aliphatic rings. The minimum atomic E-state index is -4.60. The molecule has 0 unspecified atom stereocenters. The van der Waals surface area contributed by atoms with Crippen LogP contribution in [0.1, 0.15) is 76.7 Å². The second kappa shape index (κ2) is 14.3. The van der Waals surface area contributed by atoms with Crippen LogP contribution in [0, 0.1) is 0 Å². The Kier molecular flexibility index (Phi) is 11.1. The van der Waals surface area contributed by atoms with Crippen LogP contribution in [0.5, 0.6) is 5.75 Å². The van der Waals surface area contributed by atoms with E-state index in [1.165, 1.54) is 44.9 Å². The Hall–Kier alpha value is -2.54. The molecule has 0 N–H and O–H groups in total. The number of unbranched alkanes of at least 4 members (excludes halogenated alkanes) is 7. The van der Waals surface area contributed by atoms with Crippen molar-refractivity contribution >= 4 is 5.97 Å². The number of esters is 1. The Balaban J connectivity index is 1.42. The van der Waals surface area contributed by atoms with Crippen molar-refractivity contribution in [3.63, 3.8) is 0 Å². The predicted octanol–water partition coefficient (Wildman–Crippen LogP) is 8.03. The molecule has 2 aromatic rings. The first-order chi connectivity index (χ1) is 17.4. The molecule has 0 aliphatic carbocycles. The van der Waals surface area contributed by atoms with E-state index >= 15 is 0 Å². The average Bonchev–Trinajstić information content (AvgIpc) is 3.28. The Morgan fingerprint density at radius 2 is 1.47 bits per heavy atom. The quantitative estimate of drug-likeness (QED) is 0.181. The summed E-state index contributed by atoms with van der Waals surface area (Å²) in [6.45, 7) is 2.72. The summed E-state index contributed by atoms with van der Waals surface area (Å²) in [6.07, 6.45) is 2.08. The van der Waals surface area contributed by atoms with E-state index < -0.39 is 24.4 Å². The smallest absolute Gasteiger partial charge is 0.418 e. The standard InChI is InChI=1S/C29H37F3O4/c1-2-3-4-5-6-7-8-9-20-34-25-16-14-24(15-17-25)23-12-10-22(11-13-23)21-35-28(29(30,31)32)26-18-19-27(33)36-26/h10-17,26,28H,2-9,18-21H2,1H3/t26-,28-/m0/s1. The van der Waals surface area contributed by atoms with Gasteiger partial charge in [-0.25, -0.2) is 0 Å². The number of benzene rings is 2. The minimum Gasteiger partial charge on any atom is -0.494 e. The third-order valence-corrected chi connectivity index (χ3v) is 6.41. The van der Waals surface area contributed by atoms with E-state index in [2.05, 4.69) is 6.92 Å². The summed E-state index contributed by atoms with van der Waals surface area (Å²) in [5, 5.41) is 0. The maximum absolute atomic E-state index is 13.4. The molecule has 4 nitrogen and oxygen atoms in total. The fraction of sp³-hybridized carbons (Fsp3) is 0.552. The topological polar surface area (TPSA) is 44.8 Å². The summed E-state index contributed by atoms with van der Waals surface area (Å²) in [4.78, 5) is 11.2. The molecule has 7 heteroatoms. The maximum Gasteiger partial charge on any atom is 0.418 e. The van der Waals surface area contributed by atoms with E-state index in [0.29, 0.717) is 12.2 Å². The lowest BCUT2D eigenvalue weighted by molar-refractivity contribution is -0.249. The van der Waals surface area contributed by atoms with Crippen molar-refractivity contribution in [3.8, 4) is 16.9 Å². The lowest BCUT2D eigenvalue weighted by atomic mass is 10.0. The molecule has 0 aromatic heterocycles. The van der Waals surface area contributed by atoms with Crippen molar-refractivity contribution in [2.45, 2.75) is 96.1 Å². The van der Waals surface area contributed by atoms with Crippen molar-refractivity contribution < 1.29 is 32.2 Å². The number of halogens is 3. The van der Waals surface area contributed by atoms with Gasteiger partial charge < -0.3 is 14.2 Å². The predicted molar refractivity (Wildman–Crippen MR) is 134 cm³/mol. The van der Waals surface area contributed by atoms with Crippen LogP contribution >= 0.6 is 0 Å². The summed E-state index contributed by atoms with van der Waals surface area (Å²) in [6, 6.07) is 15.0. The molecule has 2 atom stereocenters. The minimum absolute atomic E-state index is 0.0147. The molecule has 2 aromatic carbocycles. The second-order valence-electron chi connectivity index (χ2n) is 9.38. The van der Waals surface area contributed by atoms with E-state index in [9.17, 15) is 18.0 Å². The molecule has 1 fully saturated rings. The van der Waals surface area contributed by atoms with Gasteiger partial charge in [0.15, 0.2) is 6.10 Å². The highest BCUT2D eigenvalue weighted by molar-refractivity contribution is 5.71. The molecule has 1 saturated heterocycles. The van der Waals surface area contributed by atoms with E-state index in [1.807, 2.05) is 36.4 Å². The van der Waals surface area contributed by atoms with Crippen molar-refractivity contribution in [3.05, 3.63) is 54.1 Å². The second-order valence-corrected chi connectivity index (χ2v) is 9.38. The van der Waals surface area contributed by atoms with Crippen molar-refractivity contribution in [2.75, 3.05) is 6.61 Å². The van der Waals surface area contributed by atoms with Crippen LogP contribution in [0.2, 0.25) is 0 Å². The molecule has 3 rings (SSSR count). The molecule has 198 valence electrons. The Labute approximate surface area is 212 Å². The SMILES string of the molecule is CCCCCCCCCCOc1ccc(-c2ccc(CO[C@@H]([C@@H]3CCC(=O)O3)C(F)(F)F)cc2)cc1. The van der Waals surface area contributed by atoms with Gasteiger partial charge in [0.25, 0.3) is 0 Å². The first-order valence-electron chi connectivity index (χ1n) is 13.1. The van der Waals surface area contributed by atoms with Gasteiger partial charge in [0.2, 0.25) is 0 Å². The Bertz CT molecular complexity index is 910. The number of carbonyl (C=O) groups excluding carboxylic acids is 1. The molecule has 1 heterocycles. The largest absolute Gasteiger partial charge is 0.494 e. The summed E-state index contributed by atoms with van der Waals surface area (Å²) >= 11 is 0. The lowest BCUT2D eigenvalue weighted by Gasteiger charge is -2.25. The van der Waals surface area contributed by atoms with Crippen molar-refractivity contribution in [1.29, 1.82) is 0 Å². The van der Waals surface area contributed by atoms with Gasteiger partial charge in [0.1, 0.15) is 11.9 Å². The number of hydrogen-bond donors (Lipinski definition) is 0. The van der Waals surface area contributed by atoms with Crippen LogP contribution in [-0.2, 0) is 20.9 Å². The van der Waals surface area contributed by atoms with Crippen LogP contribution in [0.4, 0.5) is 13.2 Å². The van der Waals surface area contributed by atoms with Gasteiger partial charge in [-0.05, 0) is 41.7 Å². The number of alkyl halides is 3. The van der Waals surface area contributed by atoms with Gasteiger partial charge in [-0.2, -0.15) is 13.2 Å². The Morgan fingerprint density at radius 1 is 0.889 bits per heavy atom. The van der Waals surface area contributed by atoms with E-state index in [-0.39, 0.29) is 19.4 Å². The number of cyclic esters (lactones) is 1. The van der Waals surface area contributed by atoms with E-state index in [4.69, 9.17) is 14.2 Å². The summed E-state index contributed by atoms with van der Waals surface area (Å²) < 4.78 is 55.9. The van der Waals surface area contributed by atoms with E-state index in [1.54, 1.807) is 12.1 Å². The lowest BCUT2D eigenvalue weighted by Crippen LogP contribution is -2.41. The highest BCUT2D eigenvalue weighted by atomic mass is 19.4. The third-order valence-electron chi connectivity index (χ3n) is 6.41. The molecular formula is C29H37F3O4. The normalized spacial score (nSPS) is 16.7. The molecule has 0 saturated carbocycles. The molecule has 0 radical (unpaired) electrons. The average molecular weight is 507 g/mol. The maximum atomic E-state index is 13.4. The zero-order chi connectivity index (χ0) is 25.8. The summed E-state index contributed by atoms with van der Waals surface area (Å²) in [5.41, 5.74) is 2.56. The summed E-state index contributed by atoms with van der Waals surface area (Å²) in [5.74, 6) is 0.212. The third kappa shape index (κ3) is 9.16.